The first kappa shape index (κ1) is 12.6. The third kappa shape index (κ3) is 3.08. The summed E-state index contributed by atoms with van der Waals surface area (Å²) in [7, 11) is 0. The predicted octanol–water partition coefficient (Wildman–Crippen LogP) is 2.77. The van der Waals surface area contributed by atoms with E-state index < -0.39 is 0 Å². The molecule has 0 bridgehead atoms. The fourth-order valence-corrected chi connectivity index (χ4v) is 2.32. The third-order valence-electron chi connectivity index (χ3n) is 3.77. The quantitative estimate of drug-likeness (QED) is 0.868. The molecule has 0 saturated heterocycles. The molecule has 2 nitrogen and oxygen atoms in total. The van der Waals surface area contributed by atoms with Crippen LogP contribution in [0.4, 0.5) is 0 Å². The number of nitrogens with two attached hydrogens (primary N) is 1. The highest BCUT2D eigenvalue weighted by Gasteiger charge is 2.23. The average Bonchev–Trinajstić information content (AvgIpc) is 2.66. The van der Waals surface area contributed by atoms with Crippen molar-refractivity contribution in [2.24, 2.45) is 11.1 Å². The Morgan fingerprint density at radius 1 is 1.18 bits per heavy atom. The van der Waals surface area contributed by atoms with Crippen LogP contribution in [0.1, 0.15) is 38.3 Å². The zero-order chi connectivity index (χ0) is 12.5. The Balaban J connectivity index is 1.85. The lowest BCUT2D eigenvalue weighted by molar-refractivity contribution is 0.231. The van der Waals surface area contributed by atoms with Gasteiger partial charge in [-0.25, -0.2) is 0 Å². The molecule has 0 spiro atoms. The van der Waals surface area contributed by atoms with Crippen molar-refractivity contribution in [2.75, 3.05) is 6.54 Å². The summed E-state index contributed by atoms with van der Waals surface area (Å²) in [6.07, 6.45) is 1.08. The van der Waals surface area contributed by atoms with Crippen LogP contribution < -0.4 is 5.73 Å². The maximum atomic E-state index is 6.21. The van der Waals surface area contributed by atoms with Crippen LogP contribution in [0.5, 0.6) is 0 Å². The lowest BCUT2D eigenvalue weighted by Gasteiger charge is -2.28. The summed E-state index contributed by atoms with van der Waals surface area (Å²) in [5, 5.41) is 0. The van der Waals surface area contributed by atoms with Gasteiger partial charge in [-0.3, -0.25) is 4.90 Å². The van der Waals surface area contributed by atoms with Gasteiger partial charge in [-0.15, -0.1) is 0 Å². The van der Waals surface area contributed by atoms with E-state index in [9.17, 15) is 0 Å². The summed E-state index contributed by atoms with van der Waals surface area (Å²) in [6, 6.07) is 9.01. The summed E-state index contributed by atoms with van der Waals surface area (Å²) >= 11 is 0. The van der Waals surface area contributed by atoms with Gasteiger partial charge in [0, 0.05) is 25.7 Å². The maximum absolute atomic E-state index is 6.21. The maximum Gasteiger partial charge on any atom is 0.0240 e. The van der Waals surface area contributed by atoms with Gasteiger partial charge in [0.2, 0.25) is 0 Å². The minimum atomic E-state index is 0.215. The van der Waals surface area contributed by atoms with E-state index in [1.807, 2.05) is 0 Å². The van der Waals surface area contributed by atoms with Crippen molar-refractivity contribution in [3.8, 4) is 0 Å². The normalized spacial score (nSPS) is 18.1. The average molecular weight is 232 g/mol. The second-order valence-corrected chi connectivity index (χ2v) is 6.24. The summed E-state index contributed by atoms with van der Waals surface area (Å²) < 4.78 is 0. The first-order valence-electron chi connectivity index (χ1n) is 6.51. The SMILES string of the molecule is CC(C)(C)C(N)CCN1Cc2ccccc2C1. The second-order valence-electron chi connectivity index (χ2n) is 6.24. The molecule has 1 atom stereocenters. The Hall–Kier alpha value is -0.860. The summed E-state index contributed by atoms with van der Waals surface area (Å²) in [5.41, 5.74) is 9.39. The van der Waals surface area contributed by atoms with Gasteiger partial charge >= 0.3 is 0 Å². The monoisotopic (exact) mass is 232 g/mol. The highest BCUT2D eigenvalue weighted by Crippen LogP contribution is 2.24. The predicted molar refractivity (Wildman–Crippen MR) is 72.6 cm³/mol. The van der Waals surface area contributed by atoms with Crippen LogP contribution in [0.25, 0.3) is 0 Å². The Labute approximate surface area is 105 Å². The minimum Gasteiger partial charge on any atom is -0.327 e. The van der Waals surface area contributed by atoms with Crippen LogP contribution >= 0.6 is 0 Å². The highest BCUT2D eigenvalue weighted by atomic mass is 15.1. The summed E-state index contributed by atoms with van der Waals surface area (Å²) in [6.45, 7) is 9.94. The van der Waals surface area contributed by atoms with Crippen LogP contribution in [-0.4, -0.2) is 17.5 Å². The molecule has 0 radical (unpaired) electrons. The first-order valence-corrected chi connectivity index (χ1v) is 6.51. The van der Waals surface area contributed by atoms with E-state index in [1.165, 1.54) is 11.1 Å². The molecule has 2 N–H and O–H groups in total. The van der Waals surface area contributed by atoms with Gasteiger partial charge in [0.1, 0.15) is 0 Å². The standard InChI is InChI=1S/C15H24N2/c1-15(2,3)14(16)8-9-17-10-12-6-4-5-7-13(12)11-17/h4-7,14H,8-11,16H2,1-3H3. The smallest absolute Gasteiger partial charge is 0.0240 e. The molecule has 0 amide bonds. The Kier molecular flexibility index (Phi) is 3.55. The number of fused-ring (bicyclic) bond motifs is 1. The van der Waals surface area contributed by atoms with Gasteiger partial charge in [-0.05, 0) is 23.0 Å². The topological polar surface area (TPSA) is 29.3 Å². The van der Waals surface area contributed by atoms with Crippen LogP contribution in [-0.2, 0) is 13.1 Å². The van der Waals surface area contributed by atoms with Crippen LogP contribution in [0.2, 0.25) is 0 Å². The van der Waals surface area contributed by atoms with E-state index in [0.717, 1.165) is 26.1 Å². The molecule has 0 saturated carbocycles. The zero-order valence-corrected chi connectivity index (χ0v) is 11.2. The van der Waals surface area contributed by atoms with E-state index in [4.69, 9.17) is 5.73 Å². The molecule has 0 aliphatic carbocycles. The molecule has 2 rings (SSSR count). The molecule has 1 aliphatic rings. The highest BCUT2D eigenvalue weighted by molar-refractivity contribution is 5.30. The summed E-state index contributed by atoms with van der Waals surface area (Å²) in [4.78, 5) is 2.50. The molecule has 94 valence electrons. The zero-order valence-electron chi connectivity index (χ0n) is 11.2. The van der Waals surface area contributed by atoms with E-state index in [-0.39, 0.29) is 11.5 Å². The van der Waals surface area contributed by atoms with Crippen molar-refractivity contribution >= 4 is 0 Å². The number of hydrogen-bond acceptors (Lipinski definition) is 2. The molecular formula is C15H24N2. The van der Waals surface area contributed by atoms with E-state index in [1.54, 1.807) is 0 Å². The number of benzene rings is 1. The molecule has 1 aliphatic heterocycles. The van der Waals surface area contributed by atoms with Gasteiger partial charge in [0.25, 0.3) is 0 Å². The summed E-state index contributed by atoms with van der Waals surface area (Å²) in [5.74, 6) is 0. The van der Waals surface area contributed by atoms with Crippen LogP contribution in [0.15, 0.2) is 24.3 Å². The molecule has 1 heterocycles. The molecule has 2 heteroatoms. The first-order chi connectivity index (χ1) is 7.97. The molecule has 1 aromatic carbocycles. The molecule has 1 aromatic rings. The lowest BCUT2D eigenvalue weighted by atomic mass is 9.85. The van der Waals surface area contributed by atoms with Gasteiger partial charge in [-0.2, -0.15) is 0 Å². The van der Waals surface area contributed by atoms with Gasteiger partial charge in [0.05, 0.1) is 0 Å². The number of nitrogens with zero attached hydrogens (tertiary/aromatic N) is 1. The Morgan fingerprint density at radius 3 is 2.18 bits per heavy atom. The Morgan fingerprint density at radius 2 is 1.71 bits per heavy atom. The van der Waals surface area contributed by atoms with Crippen LogP contribution in [0.3, 0.4) is 0 Å². The van der Waals surface area contributed by atoms with Crippen molar-refractivity contribution in [1.29, 1.82) is 0 Å². The molecule has 0 fully saturated rings. The van der Waals surface area contributed by atoms with Crippen LogP contribution in [0, 0.1) is 5.41 Å². The van der Waals surface area contributed by atoms with Crippen molar-refractivity contribution in [1.82, 2.24) is 4.90 Å². The third-order valence-corrected chi connectivity index (χ3v) is 3.77. The molecule has 0 aromatic heterocycles. The van der Waals surface area contributed by atoms with Crippen molar-refractivity contribution in [2.45, 2.75) is 46.3 Å². The van der Waals surface area contributed by atoms with Gasteiger partial charge < -0.3 is 5.73 Å². The Bertz CT molecular complexity index is 354. The molecular weight excluding hydrogens is 208 g/mol. The fourth-order valence-electron chi connectivity index (χ4n) is 2.32. The molecule has 1 unspecified atom stereocenters. The fraction of sp³-hybridized carbons (Fsp3) is 0.600. The number of rotatable bonds is 3. The van der Waals surface area contributed by atoms with Crippen molar-refractivity contribution in [3.05, 3.63) is 35.4 Å². The lowest BCUT2D eigenvalue weighted by Crippen LogP contribution is -2.37. The largest absolute Gasteiger partial charge is 0.327 e. The van der Waals surface area contributed by atoms with Gasteiger partial charge in [-0.1, -0.05) is 45.0 Å². The van der Waals surface area contributed by atoms with Crippen molar-refractivity contribution < 1.29 is 0 Å². The second kappa shape index (κ2) is 4.79. The van der Waals surface area contributed by atoms with Gasteiger partial charge in [0.15, 0.2) is 0 Å². The van der Waals surface area contributed by atoms with E-state index in [2.05, 4.69) is 49.9 Å². The number of hydrogen-bond donors (Lipinski definition) is 1. The van der Waals surface area contributed by atoms with E-state index in [0.29, 0.717) is 0 Å². The minimum absolute atomic E-state index is 0.215. The van der Waals surface area contributed by atoms with E-state index >= 15 is 0 Å². The molecule has 17 heavy (non-hydrogen) atoms. The van der Waals surface area contributed by atoms with Crippen molar-refractivity contribution in [3.63, 3.8) is 0 Å².